The molecule has 3 atom stereocenters. The molecule has 0 aromatic heterocycles. The molecule has 0 aliphatic heterocycles. The number of rotatable bonds is 11. The number of carboxylic acid groups (broad SMARTS) is 1. The maximum atomic E-state index is 14.8. The van der Waals surface area contributed by atoms with Crippen molar-refractivity contribution in [2.24, 2.45) is 0 Å². The number of halogens is 2. The van der Waals surface area contributed by atoms with Crippen molar-refractivity contribution in [3.63, 3.8) is 0 Å². The molecular formula is C28H32ClFN2O5S. The minimum Gasteiger partial charge on any atom is -0.480 e. The van der Waals surface area contributed by atoms with Gasteiger partial charge < -0.3 is 15.2 Å². The van der Waals surface area contributed by atoms with Gasteiger partial charge >= 0.3 is 5.97 Å². The minimum atomic E-state index is -4.47. The molecule has 3 rings (SSSR count). The van der Waals surface area contributed by atoms with E-state index in [1.807, 2.05) is 30.3 Å². The van der Waals surface area contributed by atoms with Crippen molar-refractivity contribution >= 4 is 33.3 Å². The average Bonchev–Trinajstić information content (AvgIpc) is 2.87. The van der Waals surface area contributed by atoms with Gasteiger partial charge in [0, 0.05) is 23.6 Å². The van der Waals surface area contributed by atoms with E-state index >= 15 is 0 Å². The Morgan fingerprint density at radius 3 is 2.37 bits per heavy atom. The van der Waals surface area contributed by atoms with Crippen molar-refractivity contribution in [2.75, 3.05) is 12.4 Å². The molecule has 0 saturated carbocycles. The Kier molecular flexibility index (Phi) is 9.54. The number of anilines is 1. The molecule has 38 heavy (non-hydrogen) atoms. The van der Waals surface area contributed by atoms with Gasteiger partial charge in [-0.3, -0.25) is 4.79 Å². The largest absolute Gasteiger partial charge is 0.480 e. The first-order valence-corrected chi connectivity index (χ1v) is 13.9. The van der Waals surface area contributed by atoms with Crippen LogP contribution in [-0.4, -0.2) is 32.6 Å². The van der Waals surface area contributed by atoms with Gasteiger partial charge in [-0.05, 0) is 61.2 Å². The van der Waals surface area contributed by atoms with Crippen molar-refractivity contribution in [3.05, 3.63) is 93.3 Å². The zero-order chi connectivity index (χ0) is 28.2. The zero-order valence-corrected chi connectivity index (χ0v) is 23.5. The number of carboxylic acids is 1. The molecule has 0 aliphatic rings. The summed E-state index contributed by atoms with van der Waals surface area (Å²) in [6.07, 6.45) is -0.718. The van der Waals surface area contributed by atoms with Crippen molar-refractivity contribution in [2.45, 2.75) is 57.3 Å². The van der Waals surface area contributed by atoms with Gasteiger partial charge in [0.1, 0.15) is 16.8 Å². The number of aliphatic carboxylic acids is 1. The van der Waals surface area contributed by atoms with E-state index in [2.05, 4.69) is 10.0 Å². The van der Waals surface area contributed by atoms with Crippen LogP contribution in [0.4, 0.5) is 10.1 Å². The van der Waals surface area contributed by atoms with Crippen LogP contribution in [0.2, 0.25) is 5.02 Å². The molecule has 204 valence electrons. The van der Waals surface area contributed by atoms with Gasteiger partial charge in [0.05, 0.1) is 18.4 Å². The fraction of sp³-hybridized carbons (Fsp3) is 0.321. The van der Waals surface area contributed by atoms with Crippen LogP contribution >= 0.6 is 11.6 Å². The first kappa shape index (κ1) is 29.6. The highest BCUT2D eigenvalue weighted by Crippen LogP contribution is 2.36. The second-order valence-corrected chi connectivity index (χ2v) is 11.3. The van der Waals surface area contributed by atoms with E-state index in [4.69, 9.17) is 16.3 Å². The van der Waals surface area contributed by atoms with Crippen LogP contribution in [0.3, 0.4) is 0 Å². The van der Waals surface area contributed by atoms with Crippen molar-refractivity contribution in [1.82, 2.24) is 4.72 Å². The lowest BCUT2D eigenvalue weighted by atomic mass is 9.88. The monoisotopic (exact) mass is 562 g/mol. The number of carbonyl (C=O) groups is 1. The van der Waals surface area contributed by atoms with Crippen LogP contribution in [0.25, 0.3) is 0 Å². The molecule has 3 N–H and O–H groups in total. The predicted octanol–water partition coefficient (Wildman–Crippen LogP) is 5.95. The van der Waals surface area contributed by atoms with Gasteiger partial charge in [-0.25, -0.2) is 12.8 Å². The van der Waals surface area contributed by atoms with Crippen LogP contribution < -0.4 is 10.0 Å². The number of nitrogens with one attached hydrogen (secondary N) is 2. The Balaban J connectivity index is 2.03. The molecule has 3 aromatic carbocycles. The van der Waals surface area contributed by atoms with E-state index in [0.717, 1.165) is 11.1 Å². The van der Waals surface area contributed by atoms with Gasteiger partial charge in [0.25, 0.3) is 0 Å². The second kappa shape index (κ2) is 12.3. The summed E-state index contributed by atoms with van der Waals surface area (Å²) in [5.74, 6) is -3.05. The van der Waals surface area contributed by atoms with Crippen LogP contribution in [0.1, 0.15) is 53.7 Å². The zero-order valence-electron chi connectivity index (χ0n) is 21.9. The lowest BCUT2D eigenvalue weighted by Crippen LogP contribution is -2.45. The van der Waals surface area contributed by atoms with Crippen LogP contribution in [0.5, 0.6) is 0 Å². The molecule has 10 heteroatoms. The van der Waals surface area contributed by atoms with Gasteiger partial charge in [-0.15, -0.1) is 0 Å². The number of benzene rings is 3. The number of sulfonamides is 1. The fourth-order valence-corrected chi connectivity index (χ4v) is 6.38. The molecule has 2 unspecified atom stereocenters. The van der Waals surface area contributed by atoms with E-state index in [9.17, 15) is 22.7 Å². The fourth-order valence-electron chi connectivity index (χ4n) is 4.41. The maximum absolute atomic E-state index is 14.8. The Labute approximate surface area is 228 Å². The number of ether oxygens (including phenoxy) is 1. The Hall–Kier alpha value is -2.98. The molecule has 0 bridgehead atoms. The van der Waals surface area contributed by atoms with Crippen molar-refractivity contribution in [3.8, 4) is 0 Å². The highest BCUT2D eigenvalue weighted by atomic mass is 35.5. The summed E-state index contributed by atoms with van der Waals surface area (Å²) < 4.78 is 50.7. The normalized spacial score (nSPS) is 14.1. The number of hydrogen-bond donors (Lipinski definition) is 3. The van der Waals surface area contributed by atoms with Crippen LogP contribution in [-0.2, 0) is 26.2 Å². The summed E-state index contributed by atoms with van der Waals surface area (Å²) in [5.41, 5.74) is 2.79. The van der Waals surface area contributed by atoms with Crippen molar-refractivity contribution in [1.29, 1.82) is 0 Å². The average molecular weight is 563 g/mol. The van der Waals surface area contributed by atoms with E-state index in [1.54, 1.807) is 26.8 Å². The molecule has 0 spiro atoms. The predicted molar refractivity (Wildman–Crippen MR) is 147 cm³/mol. The third kappa shape index (κ3) is 6.53. The Morgan fingerprint density at radius 1 is 1.11 bits per heavy atom. The summed E-state index contributed by atoms with van der Waals surface area (Å²) in [6, 6.07) is 13.5. The third-order valence-corrected chi connectivity index (χ3v) is 8.41. The third-order valence-electron chi connectivity index (χ3n) is 6.64. The summed E-state index contributed by atoms with van der Waals surface area (Å²) in [4.78, 5) is 12.1. The smallest absolute Gasteiger partial charge is 0.322 e. The molecule has 0 fully saturated rings. The number of hydrogen-bond acceptors (Lipinski definition) is 5. The summed E-state index contributed by atoms with van der Waals surface area (Å²) >= 11 is 6.30. The molecule has 7 nitrogen and oxygen atoms in total. The van der Waals surface area contributed by atoms with E-state index in [0.29, 0.717) is 5.56 Å². The van der Waals surface area contributed by atoms with Gasteiger partial charge in [0.15, 0.2) is 0 Å². The van der Waals surface area contributed by atoms with Gasteiger partial charge in [0.2, 0.25) is 10.0 Å². The maximum Gasteiger partial charge on any atom is 0.322 e. The van der Waals surface area contributed by atoms with E-state index in [-0.39, 0.29) is 33.3 Å². The van der Waals surface area contributed by atoms with Crippen LogP contribution in [0, 0.1) is 19.7 Å². The first-order valence-electron chi connectivity index (χ1n) is 12.0. The van der Waals surface area contributed by atoms with E-state index < -0.39 is 39.9 Å². The van der Waals surface area contributed by atoms with Crippen molar-refractivity contribution < 1.29 is 27.4 Å². The quantitative estimate of drug-likeness (QED) is 0.267. The summed E-state index contributed by atoms with van der Waals surface area (Å²) in [5, 5.41) is 13.1. The SMILES string of the molecule is CNc1cc(Cl)cc(C(C)OCc2ccccc2)c1S(=O)(=O)N[C@H](C(=O)O)C(C)c1c(F)ccc(C)c1C. The van der Waals surface area contributed by atoms with Crippen LogP contribution in [0.15, 0.2) is 59.5 Å². The molecule has 0 saturated heterocycles. The topological polar surface area (TPSA) is 105 Å². The highest BCUT2D eigenvalue weighted by Gasteiger charge is 2.36. The molecule has 0 heterocycles. The lowest BCUT2D eigenvalue weighted by molar-refractivity contribution is -0.139. The minimum absolute atomic E-state index is 0.143. The standard InChI is InChI=1S/C28H32ClFN2O5S/c1-16-11-12-23(30)25(17(16)2)18(3)26(28(33)34)32-38(35,36)27-22(13-21(29)14-24(27)31-5)19(4)37-15-20-9-7-6-8-10-20/h6-14,18-19,26,31-32H,15H2,1-5H3,(H,33,34)/t18?,19?,26-/m0/s1. The van der Waals surface area contributed by atoms with Gasteiger partial charge in [-0.1, -0.05) is 54.9 Å². The molecular weight excluding hydrogens is 531 g/mol. The molecule has 0 amide bonds. The summed E-state index contributed by atoms with van der Waals surface area (Å²) in [6.45, 7) is 6.85. The number of aryl methyl sites for hydroxylation is 1. The van der Waals surface area contributed by atoms with Gasteiger partial charge in [-0.2, -0.15) is 4.72 Å². The molecule has 3 aromatic rings. The Morgan fingerprint density at radius 2 is 1.76 bits per heavy atom. The molecule has 0 radical (unpaired) electrons. The highest BCUT2D eigenvalue weighted by molar-refractivity contribution is 7.89. The lowest BCUT2D eigenvalue weighted by Gasteiger charge is -2.26. The first-order chi connectivity index (χ1) is 17.9. The summed E-state index contributed by atoms with van der Waals surface area (Å²) in [7, 11) is -2.93. The Bertz CT molecular complexity index is 1420. The molecule has 0 aliphatic carbocycles. The van der Waals surface area contributed by atoms with E-state index in [1.165, 1.54) is 32.2 Å². The second-order valence-electron chi connectivity index (χ2n) is 9.19.